The van der Waals surface area contributed by atoms with Gasteiger partial charge in [-0.05, 0) is 30.1 Å². The van der Waals surface area contributed by atoms with Crippen molar-refractivity contribution in [2.24, 2.45) is 0 Å². The molecule has 0 unspecified atom stereocenters. The molecule has 1 aliphatic heterocycles. The molecule has 1 aliphatic rings. The predicted molar refractivity (Wildman–Crippen MR) is 84.5 cm³/mol. The van der Waals surface area contributed by atoms with Crippen molar-refractivity contribution < 1.29 is 4.74 Å². The minimum absolute atomic E-state index is 0.776. The zero-order valence-corrected chi connectivity index (χ0v) is 13.0. The Balaban J connectivity index is 1.52. The Labute approximate surface area is 129 Å². The molecular formula is C15H20N4OS. The molecule has 0 radical (unpaired) electrons. The number of ether oxygens (including phenoxy) is 1. The van der Waals surface area contributed by atoms with Crippen molar-refractivity contribution in [3.63, 3.8) is 0 Å². The van der Waals surface area contributed by atoms with Crippen LogP contribution in [-0.2, 0) is 17.8 Å². The van der Waals surface area contributed by atoms with E-state index in [1.54, 1.807) is 0 Å². The summed E-state index contributed by atoms with van der Waals surface area (Å²) in [5, 5.41) is 5.42. The molecule has 2 aromatic heterocycles. The molecular weight excluding hydrogens is 284 g/mol. The van der Waals surface area contributed by atoms with E-state index in [0.717, 1.165) is 50.9 Å². The number of hydrogen-bond donors (Lipinski definition) is 1. The van der Waals surface area contributed by atoms with Crippen LogP contribution in [-0.4, -0.2) is 40.6 Å². The normalized spacial score (nSPS) is 16.0. The first-order chi connectivity index (χ1) is 10.3. The number of morpholine rings is 1. The van der Waals surface area contributed by atoms with Crippen LogP contribution >= 0.6 is 11.5 Å². The molecule has 5 nitrogen and oxygen atoms in total. The third kappa shape index (κ3) is 4.00. The molecule has 3 rings (SSSR count). The quantitative estimate of drug-likeness (QED) is 0.918. The Kier molecular flexibility index (Phi) is 4.80. The van der Waals surface area contributed by atoms with E-state index in [4.69, 9.17) is 4.74 Å². The van der Waals surface area contributed by atoms with Crippen LogP contribution < -0.4 is 5.32 Å². The Bertz CT molecular complexity index is 563. The second-order valence-corrected chi connectivity index (χ2v) is 5.85. The lowest BCUT2D eigenvalue weighted by molar-refractivity contribution is 0.0341. The summed E-state index contributed by atoms with van der Waals surface area (Å²) < 4.78 is 9.64. The predicted octanol–water partition coefficient (Wildman–Crippen LogP) is 2.29. The number of aromatic nitrogens is 2. The van der Waals surface area contributed by atoms with Gasteiger partial charge in [0.1, 0.15) is 5.82 Å². The first-order valence-corrected chi connectivity index (χ1v) is 8.03. The fraction of sp³-hybridized carbons (Fsp3) is 0.467. The standard InChI is InChI=1S/C15H20N4OS/c1-12-14(11-21-18-12)9-17-15-3-2-13(8-16-15)10-19-4-6-20-7-5-19/h2-3,8,11H,4-7,9-10H2,1H3,(H,16,17). The average molecular weight is 304 g/mol. The molecule has 0 aromatic carbocycles. The van der Waals surface area contributed by atoms with Crippen LogP contribution in [0.4, 0.5) is 5.82 Å². The molecule has 0 atom stereocenters. The zero-order valence-electron chi connectivity index (χ0n) is 12.2. The Morgan fingerprint density at radius 2 is 2.19 bits per heavy atom. The highest BCUT2D eigenvalue weighted by atomic mass is 32.1. The maximum atomic E-state index is 5.36. The lowest BCUT2D eigenvalue weighted by atomic mass is 10.2. The zero-order chi connectivity index (χ0) is 14.5. The molecule has 1 fully saturated rings. The lowest BCUT2D eigenvalue weighted by Crippen LogP contribution is -2.35. The number of nitrogens with one attached hydrogen (secondary N) is 1. The second kappa shape index (κ2) is 6.98. The fourth-order valence-electron chi connectivity index (χ4n) is 2.31. The third-order valence-corrected chi connectivity index (χ3v) is 4.41. The van der Waals surface area contributed by atoms with Gasteiger partial charge in [-0.15, -0.1) is 0 Å². The molecule has 21 heavy (non-hydrogen) atoms. The van der Waals surface area contributed by atoms with Gasteiger partial charge in [-0.1, -0.05) is 6.07 Å². The Morgan fingerprint density at radius 3 is 2.86 bits per heavy atom. The van der Waals surface area contributed by atoms with E-state index in [0.29, 0.717) is 0 Å². The number of pyridine rings is 1. The number of rotatable bonds is 5. The van der Waals surface area contributed by atoms with Crippen LogP contribution in [0.3, 0.4) is 0 Å². The molecule has 6 heteroatoms. The summed E-state index contributed by atoms with van der Waals surface area (Å²) >= 11 is 1.50. The van der Waals surface area contributed by atoms with E-state index in [1.165, 1.54) is 22.7 Å². The average Bonchev–Trinajstić information content (AvgIpc) is 2.93. The molecule has 0 amide bonds. The summed E-state index contributed by atoms with van der Waals surface area (Å²) in [6, 6.07) is 4.19. The first-order valence-electron chi connectivity index (χ1n) is 7.20. The maximum absolute atomic E-state index is 5.36. The van der Waals surface area contributed by atoms with Crippen molar-refractivity contribution in [3.05, 3.63) is 40.5 Å². The van der Waals surface area contributed by atoms with Gasteiger partial charge >= 0.3 is 0 Å². The largest absolute Gasteiger partial charge is 0.379 e. The van der Waals surface area contributed by atoms with Crippen molar-refractivity contribution in [2.75, 3.05) is 31.6 Å². The van der Waals surface area contributed by atoms with Crippen LogP contribution in [0.15, 0.2) is 23.7 Å². The van der Waals surface area contributed by atoms with Gasteiger partial charge in [0.05, 0.1) is 18.9 Å². The van der Waals surface area contributed by atoms with Crippen LogP contribution in [0.25, 0.3) is 0 Å². The molecule has 1 saturated heterocycles. The van der Waals surface area contributed by atoms with Gasteiger partial charge in [-0.3, -0.25) is 4.90 Å². The van der Waals surface area contributed by atoms with E-state index < -0.39 is 0 Å². The summed E-state index contributed by atoms with van der Waals surface area (Å²) in [4.78, 5) is 6.88. The fourth-order valence-corrected chi connectivity index (χ4v) is 3.02. The molecule has 0 aliphatic carbocycles. The van der Waals surface area contributed by atoms with Gasteiger partial charge in [-0.2, -0.15) is 4.37 Å². The van der Waals surface area contributed by atoms with E-state index >= 15 is 0 Å². The number of aryl methyl sites for hydroxylation is 1. The second-order valence-electron chi connectivity index (χ2n) is 5.22. The number of hydrogen-bond acceptors (Lipinski definition) is 6. The van der Waals surface area contributed by atoms with E-state index in [2.05, 4.69) is 31.0 Å². The molecule has 3 heterocycles. The minimum Gasteiger partial charge on any atom is -0.379 e. The third-order valence-electron chi connectivity index (χ3n) is 3.64. The van der Waals surface area contributed by atoms with Crippen LogP contribution in [0.5, 0.6) is 0 Å². The van der Waals surface area contributed by atoms with Crippen molar-refractivity contribution in [1.82, 2.24) is 14.3 Å². The number of anilines is 1. The highest BCUT2D eigenvalue weighted by molar-refractivity contribution is 7.03. The molecule has 1 N–H and O–H groups in total. The van der Waals surface area contributed by atoms with E-state index in [-0.39, 0.29) is 0 Å². The van der Waals surface area contributed by atoms with Gasteiger partial charge < -0.3 is 10.1 Å². The van der Waals surface area contributed by atoms with Crippen molar-refractivity contribution in [2.45, 2.75) is 20.0 Å². The summed E-state index contributed by atoms with van der Waals surface area (Å²) in [7, 11) is 0. The Morgan fingerprint density at radius 1 is 1.33 bits per heavy atom. The summed E-state index contributed by atoms with van der Waals surface area (Å²) in [5.41, 5.74) is 3.58. The van der Waals surface area contributed by atoms with Gasteiger partial charge in [0, 0.05) is 43.3 Å². The van der Waals surface area contributed by atoms with Gasteiger partial charge in [0.2, 0.25) is 0 Å². The summed E-state index contributed by atoms with van der Waals surface area (Å²) in [5.74, 6) is 0.909. The van der Waals surface area contributed by atoms with Crippen molar-refractivity contribution >= 4 is 17.4 Å². The Hall–Kier alpha value is -1.50. The lowest BCUT2D eigenvalue weighted by Gasteiger charge is -2.26. The van der Waals surface area contributed by atoms with Gasteiger partial charge in [-0.25, -0.2) is 4.98 Å². The summed E-state index contributed by atoms with van der Waals surface area (Å²) in [6.07, 6.45) is 1.95. The van der Waals surface area contributed by atoms with Crippen molar-refractivity contribution in [1.29, 1.82) is 0 Å². The molecule has 0 spiro atoms. The van der Waals surface area contributed by atoms with Crippen LogP contribution in [0.1, 0.15) is 16.8 Å². The molecule has 0 saturated carbocycles. The van der Waals surface area contributed by atoms with Crippen molar-refractivity contribution in [3.8, 4) is 0 Å². The number of nitrogens with zero attached hydrogens (tertiary/aromatic N) is 3. The van der Waals surface area contributed by atoms with E-state index in [1.807, 2.05) is 19.2 Å². The van der Waals surface area contributed by atoms with Crippen LogP contribution in [0, 0.1) is 6.92 Å². The topological polar surface area (TPSA) is 50.3 Å². The highest BCUT2D eigenvalue weighted by Gasteiger charge is 2.10. The first kappa shape index (κ1) is 14.4. The molecule has 2 aromatic rings. The smallest absolute Gasteiger partial charge is 0.126 e. The maximum Gasteiger partial charge on any atom is 0.126 e. The van der Waals surface area contributed by atoms with Gasteiger partial charge in [0.15, 0.2) is 0 Å². The van der Waals surface area contributed by atoms with Crippen LogP contribution in [0.2, 0.25) is 0 Å². The highest BCUT2D eigenvalue weighted by Crippen LogP contribution is 2.13. The monoisotopic (exact) mass is 304 g/mol. The van der Waals surface area contributed by atoms with E-state index in [9.17, 15) is 0 Å². The SMILES string of the molecule is Cc1nscc1CNc1ccc(CN2CCOCC2)cn1. The molecule has 112 valence electrons. The van der Waals surface area contributed by atoms with Gasteiger partial charge in [0.25, 0.3) is 0 Å². The summed E-state index contributed by atoms with van der Waals surface area (Å²) in [6.45, 7) is 7.44. The molecule has 0 bridgehead atoms. The minimum atomic E-state index is 0.776.